The van der Waals surface area contributed by atoms with Gasteiger partial charge in [-0.2, -0.15) is 0 Å². The second kappa shape index (κ2) is 4.72. The van der Waals surface area contributed by atoms with Crippen LogP contribution in [-0.4, -0.2) is 33.7 Å². The molecular formula is C13H19N3O2. The van der Waals surface area contributed by atoms with Gasteiger partial charge in [-0.05, 0) is 38.3 Å². The summed E-state index contributed by atoms with van der Waals surface area (Å²) in [7, 11) is 0. The molecule has 98 valence electrons. The fraction of sp³-hybridized carbons (Fsp3) is 0.692. The van der Waals surface area contributed by atoms with Gasteiger partial charge >= 0.3 is 5.97 Å². The lowest BCUT2D eigenvalue weighted by atomic mass is 9.96. The molecule has 5 nitrogen and oxygen atoms in total. The first-order chi connectivity index (χ1) is 8.75. The molecule has 18 heavy (non-hydrogen) atoms. The Bertz CT molecular complexity index is 449. The fourth-order valence-electron chi connectivity index (χ4n) is 3.13. The number of carboxylic acid groups (broad SMARTS) is 1. The number of fused-ring (bicyclic) bond motifs is 1. The predicted octanol–water partition coefficient (Wildman–Crippen LogP) is 0.997. The number of hydrogen-bond donors (Lipinski definition) is 2. The highest BCUT2D eigenvalue weighted by molar-refractivity contribution is 5.75. The van der Waals surface area contributed by atoms with Crippen molar-refractivity contribution in [1.82, 2.24) is 14.9 Å². The molecule has 2 aliphatic rings. The van der Waals surface area contributed by atoms with Crippen molar-refractivity contribution in [2.45, 2.75) is 38.1 Å². The molecule has 0 bridgehead atoms. The molecule has 1 saturated heterocycles. The molecule has 0 amide bonds. The molecule has 2 aliphatic heterocycles. The molecule has 1 fully saturated rings. The van der Waals surface area contributed by atoms with Crippen LogP contribution in [0.15, 0.2) is 6.20 Å². The minimum atomic E-state index is -0.718. The smallest absolute Gasteiger partial charge is 0.312 e. The van der Waals surface area contributed by atoms with Crippen molar-refractivity contribution in [1.29, 1.82) is 0 Å². The lowest BCUT2D eigenvalue weighted by molar-refractivity contribution is -0.139. The van der Waals surface area contributed by atoms with Gasteiger partial charge in [0.1, 0.15) is 5.82 Å². The van der Waals surface area contributed by atoms with E-state index in [0.717, 1.165) is 50.4 Å². The first-order valence-corrected chi connectivity index (χ1v) is 6.73. The minimum absolute atomic E-state index is 0.360. The molecule has 2 atom stereocenters. The Labute approximate surface area is 106 Å². The summed E-state index contributed by atoms with van der Waals surface area (Å²) in [6, 6.07) is 0. The van der Waals surface area contributed by atoms with E-state index >= 15 is 0 Å². The van der Waals surface area contributed by atoms with Gasteiger partial charge in [-0.15, -0.1) is 0 Å². The Morgan fingerprint density at radius 1 is 1.56 bits per heavy atom. The van der Waals surface area contributed by atoms with Crippen molar-refractivity contribution in [3.8, 4) is 0 Å². The van der Waals surface area contributed by atoms with E-state index in [4.69, 9.17) is 0 Å². The first-order valence-electron chi connectivity index (χ1n) is 6.73. The zero-order valence-corrected chi connectivity index (χ0v) is 10.4. The fourth-order valence-corrected chi connectivity index (χ4v) is 3.13. The van der Waals surface area contributed by atoms with Crippen molar-refractivity contribution in [3.05, 3.63) is 17.7 Å². The van der Waals surface area contributed by atoms with Gasteiger partial charge in [-0.3, -0.25) is 4.79 Å². The standard InChI is InChI=1S/C13H19N3O2/c17-13(18)10-2-1-5-16-11(10)8-15-12(16)6-9-3-4-14-7-9/h8-10,14H,1-7H2,(H,17,18). The zero-order chi connectivity index (χ0) is 12.5. The molecule has 0 saturated carbocycles. The molecule has 0 aliphatic carbocycles. The van der Waals surface area contributed by atoms with Crippen LogP contribution in [0.2, 0.25) is 0 Å². The highest BCUT2D eigenvalue weighted by Gasteiger charge is 2.29. The van der Waals surface area contributed by atoms with Crippen molar-refractivity contribution in [2.24, 2.45) is 5.92 Å². The summed E-state index contributed by atoms with van der Waals surface area (Å²) in [5, 5.41) is 12.6. The van der Waals surface area contributed by atoms with Crippen molar-refractivity contribution >= 4 is 5.97 Å². The van der Waals surface area contributed by atoms with Crippen molar-refractivity contribution in [2.75, 3.05) is 13.1 Å². The Morgan fingerprint density at radius 3 is 3.17 bits per heavy atom. The van der Waals surface area contributed by atoms with Crippen LogP contribution in [0.25, 0.3) is 0 Å². The van der Waals surface area contributed by atoms with Gasteiger partial charge in [-0.25, -0.2) is 4.98 Å². The van der Waals surface area contributed by atoms with Crippen molar-refractivity contribution in [3.63, 3.8) is 0 Å². The van der Waals surface area contributed by atoms with E-state index in [0.29, 0.717) is 5.92 Å². The molecule has 0 aromatic carbocycles. The molecule has 1 aromatic rings. The number of hydrogen-bond acceptors (Lipinski definition) is 3. The predicted molar refractivity (Wildman–Crippen MR) is 66.5 cm³/mol. The molecule has 1 aromatic heterocycles. The van der Waals surface area contributed by atoms with Crippen LogP contribution < -0.4 is 5.32 Å². The first kappa shape index (κ1) is 11.7. The Morgan fingerprint density at radius 2 is 2.44 bits per heavy atom. The van der Waals surface area contributed by atoms with Gasteiger partial charge < -0.3 is 15.0 Å². The second-order valence-electron chi connectivity index (χ2n) is 5.35. The summed E-state index contributed by atoms with van der Waals surface area (Å²) >= 11 is 0. The van der Waals surface area contributed by atoms with E-state index in [1.54, 1.807) is 6.20 Å². The summed E-state index contributed by atoms with van der Waals surface area (Å²) in [5.74, 6) is 0.651. The molecular weight excluding hydrogens is 230 g/mol. The highest BCUT2D eigenvalue weighted by atomic mass is 16.4. The monoisotopic (exact) mass is 249 g/mol. The van der Waals surface area contributed by atoms with Gasteiger partial charge in [0.15, 0.2) is 0 Å². The van der Waals surface area contributed by atoms with Crippen LogP contribution in [0, 0.1) is 5.92 Å². The lowest BCUT2D eigenvalue weighted by Crippen LogP contribution is -2.23. The number of imidazole rings is 1. The van der Waals surface area contributed by atoms with Crippen LogP contribution in [-0.2, 0) is 17.8 Å². The van der Waals surface area contributed by atoms with Gasteiger partial charge in [-0.1, -0.05) is 0 Å². The van der Waals surface area contributed by atoms with E-state index < -0.39 is 5.97 Å². The van der Waals surface area contributed by atoms with Crippen molar-refractivity contribution < 1.29 is 9.90 Å². The molecule has 2 N–H and O–H groups in total. The maximum Gasteiger partial charge on any atom is 0.312 e. The van der Waals surface area contributed by atoms with Crippen LogP contribution >= 0.6 is 0 Å². The largest absolute Gasteiger partial charge is 0.481 e. The molecule has 3 heterocycles. The van der Waals surface area contributed by atoms with Gasteiger partial charge in [0.05, 0.1) is 11.6 Å². The van der Waals surface area contributed by atoms with E-state index in [-0.39, 0.29) is 5.92 Å². The zero-order valence-electron chi connectivity index (χ0n) is 10.4. The number of carboxylic acids is 1. The van der Waals surface area contributed by atoms with Crippen LogP contribution in [0.5, 0.6) is 0 Å². The quantitative estimate of drug-likeness (QED) is 0.838. The van der Waals surface area contributed by atoms with E-state index in [9.17, 15) is 9.90 Å². The van der Waals surface area contributed by atoms with Crippen LogP contribution in [0.4, 0.5) is 0 Å². The maximum atomic E-state index is 11.2. The third-order valence-corrected chi connectivity index (χ3v) is 4.13. The van der Waals surface area contributed by atoms with Gasteiger partial charge in [0.2, 0.25) is 0 Å². The van der Waals surface area contributed by atoms with E-state index in [2.05, 4.69) is 14.9 Å². The Hall–Kier alpha value is -1.36. The van der Waals surface area contributed by atoms with Gasteiger partial charge in [0, 0.05) is 19.2 Å². The molecule has 0 spiro atoms. The van der Waals surface area contributed by atoms with Crippen LogP contribution in [0.3, 0.4) is 0 Å². The Kier molecular flexibility index (Phi) is 3.07. The molecule has 2 unspecified atom stereocenters. The normalized spacial score (nSPS) is 27.1. The maximum absolute atomic E-state index is 11.2. The van der Waals surface area contributed by atoms with E-state index in [1.165, 1.54) is 6.42 Å². The average molecular weight is 249 g/mol. The number of nitrogens with one attached hydrogen (secondary N) is 1. The third kappa shape index (κ3) is 2.03. The number of aliphatic carboxylic acids is 1. The number of rotatable bonds is 3. The van der Waals surface area contributed by atoms with Gasteiger partial charge in [0.25, 0.3) is 0 Å². The highest BCUT2D eigenvalue weighted by Crippen LogP contribution is 2.29. The summed E-state index contributed by atoms with van der Waals surface area (Å²) < 4.78 is 2.14. The average Bonchev–Trinajstić information content (AvgIpc) is 2.99. The summed E-state index contributed by atoms with van der Waals surface area (Å²) in [4.78, 5) is 15.7. The molecule has 5 heteroatoms. The van der Waals surface area contributed by atoms with Crippen LogP contribution in [0.1, 0.15) is 36.7 Å². The topological polar surface area (TPSA) is 67.1 Å². The molecule has 0 radical (unpaired) electrons. The summed E-state index contributed by atoms with van der Waals surface area (Å²) in [6.45, 7) is 3.08. The van der Waals surface area contributed by atoms with E-state index in [1.807, 2.05) is 0 Å². The summed E-state index contributed by atoms with van der Waals surface area (Å²) in [6.07, 6.45) is 5.63. The SMILES string of the molecule is O=C(O)C1CCCn2c1cnc2CC1CCNC1. The lowest BCUT2D eigenvalue weighted by Gasteiger charge is -2.22. The number of carbonyl (C=O) groups is 1. The number of aromatic nitrogens is 2. The number of nitrogens with zero attached hydrogens (tertiary/aromatic N) is 2. The second-order valence-corrected chi connectivity index (χ2v) is 5.35. The Balaban J connectivity index is 1.82. The minimum Gasteiger partial charge on any atom is -0.481 e. The summed E-state index contributed by atoms with van der Waals surface area (Å²) in [5.41, 5.74) is 0.898. The molecule has 3 rings (SSSR count). The third-order valence-electron chi connectivity index (χ3n) is 4.13.